The minimum absolute atomic E-state index is 0.196. The van der Waals surface area contributed by atoms with Crippen LogP contribution in [0, 0.1) is 23.2 Å². The topological polar surface area (TPSA) is 73.6 Å². The average molecular weight is 303 g/mol. The number of nitrogens with zero attached hydrogens (tertiary/aromatic N) is 3. The van der Waals surface area contributed by atoms with E-state index in [1.54, 1.807) is 11.4 Å². The third kappa shape index (κ3) is 4.70. The van der Waals surface area contributed by atoms with E-state index in [4.69, 9.17) is 10.00 Å². The number of hydrogen-bond acceptors (Lipinski definition) is 4. The van der Waals surface area contributed by atoms with E-state index in [1.807, 2.05) is 6.07 Å². The zero-order valence-electron chi connectivity index (χ0n) is 12.6. The highest BCUT2D eigenvalue weighted by Gasteiger charge is 2.34. The second-order valence-electron chi connectivity index (χ2n) is 5.57. The molecule has 1 aliphatic rings. The fourth-order valence-electron chi connectivity index (χ4n) is 2.67. The Hall–Kier alpha value is -0.680. The SMILES string of the molecule is COCCN(CCC#N)S(=O)(=O)N1CC(C)CC(C)C1. The minimum atomic E-state index is -3.50. The van der Waals surface area contributed by atoms with Crippen molar-refractivity contribution in [1.82, 2.24) is 8.61 Å². The van der Waals surface area contributed by atoms with Crippen molar-refractivity contribution in [3.05, 3.63) is 0 Å². The van der Waals surface area contributed by atoms with Crippen molar-refractivity contribution in [2.45, 2.75) is 26.7 Å². The fraction of sp³-hybridized carbons (Fsp3) is 0.923. The third-order valence-corrected chi connectivity index (χ3v) is 5.47. The maximum absolute atomic E-state index is 12.7. The highest BCUT2D eigenvalue weighted by Crippen LogP contribution is 2.24. The van der Waals surface area contributed by atoms with Gasteiger partial charge < -0.3 is 4.74 Å². The van der Waals surface area contributed by atoms with Crippen LogP contribution in [0.15, 0.2) is 0 Å². The minimum Gasteiger partial charge on any atom is -0.383 e. The summed E-state index contributed by atoms with van der Waals surface area (Å²) in [5.41, 5.74) is 0. The summed E-state index contributed by atoms with van der Waals surface area (Å²) < 4.78 is 33.2. The van der Waals surface area contributed by atoms with E-state index in [-0.39, 0.29) is 13.0 Å². The molecule has 0 aromatic rings. The molecule has 20 heavy (non-hydrogen) atoms. The lowest BCUT2D eigenvalue weighted by Gasteiger charge is -2.37. The lowest BCUT2D eigenvalue weighted by atomic mass is 9.94. The van der Waals surface area contributed by atoms with Crippen LogP contribution in [-0.2, 0) is 14.9 Å². The summed E-state index contributed by atoms with van der Waals surface area (Å²) in [5.74, 6) is 0.738. The number of nitriles is 1. The summed E-state index contributed by atoms with van der Waals surface area (Å²) in [4.78, 5) is 0. The highest BCUT2D eigenvalue weighted by molar-refractivity contribution is 7.86. The van der Waals surface area contributed by atoms with Crippen LogP contribution in [0.1, 0.15) is 26.7 Å². The molecule has 0 spiro atoms. The van der Waals surface area contributed by atoms with Gasteiger partial charge in [-0.25, -0.2) is 0 Å². The molecule has 2 unspecified atom stereocenters. The lowest BCUT2D eigenvalue weighted by molar-refractivity contribution is 0.168. The molecule has 0 amide bonds. The summed E-state index contributed by atoms with van der Waals surface area (Å²) in [6.45, 7) is 6.12. The van der Waals surface area contributed by atoms with Gasteiger partial charge in [-0.2, -0.15) is 22.3 Å². The average Bonchev–Trinajstić information content (AvgIpc) is 2.37. The number of ether oxygens (including phenoxy) is 1. The Balaban J connectivity index is 2.82. The zero-order valence-corrected chi connectivity index (χ0v) is 13.4. The maximum Gasteiger partial charge on any atom is 0.282 e. The van der Waals surface area contributed by atoms with Gasteiger partial charge in [0.05, 0.1) is 12.7 Å². The number of piperidine rings is 1. The van der Waals surface area contributed by atoms with Gasteiger partial charge in [0, 0.05) is 39.7 Å². The second-order valence-corrected chi connectivity index (χ2v) is 7.50. The molecular weight excluding hydrogens is 278 g/mol. The Labute approximate surface area is 122 Å². The molecule has 2 atom stereocenters. The molecule has 1 heterocycles. The van der Waals surface area contributed by atoms with Gasteiger partial charge in [0.15, 0.2) is 0 Å². The molecular formula is C13H25N3O3S. The van der Waals surface area contributed by atoms with Gasteiger partial charge in [0.25, 0.3) is 10.2 Å². The summed E-state index contributed by atoms with van der Waals surface area (Å²) in [6, 6.07) is 2.00. The van der Waals surface area contributed by atoms with Gasteiger partial charge in [-0.3, -0.25) is 0 Å². The van der Waals surface area contributed by atoms with E-state index in [0.29, 0.717) is 38.1 Å². The lowest BCUT2D eigenvalue weighted by Crippen LogP contribution is -2.50. The Kier molecular flexibility index (Phi) is 6.89. The van der Waals surface area contributed by atoms with Gasteiger partial charge >= 0.3 is 0 Å². The molecule has 0 bridgehead atoms. The Morgan fingerprint density at radius 2 is 1.90 bits per heavy atom. The van der Waals surface area contributed by atoms with Gasteiger partial charge in [-0.15, -0.1) is 0 Å². The second kappa shape index (κ2) is 7.93. The molecule has 1 aliphatic heterocycles. The highest BCUT2D eigenvalue weighted by atomic mass is 32.2. The van der Waals surface area contributed by atoms with E-state index >= 15 is 0 Å². The quantitative estimate of drug-likeness (QED) is 0.705. The van der Waals surface area contributed by atoms with Crippen LogP contribution in [0.3, 0.4) is 0 Å². The van der Waals surface area contributed by atoms with Gasteiger partial charge in [0.1, 0.15) is 0 Å². The first kappa shape index (κ1) is 17.4. The smallest absolute Gasteiger partial charge is 0.282 e. The number of hydrogen-bond donors (Lipinski definition) is 0. The molecule has 1 fully saturated rings. The van der Waals surface area contributed by atoms with Gasteiger partial charge in [0.2, 0.25) is 0 Å². The van der Waals surface area contributed by atoms with E-state index in [2.05, 4.69) is 13.8 Å². The maximum atomic E-state index is 12.7. The van der Waals surface area contributed by atoms with Crippen LogP contribution in [0.25, 0.3) is 0 Å². The number of methoxy groups -OCH3 is 1. The first-order valence-electron chi connectivity index (χ1n) is 7.03. The van der Waals surface area contributed by atoms with Crippen LogP contribution in [0.4, 0.5) is 0 Å². The molecule has 1 saturated heterocycles. The Bertz CT molecular complexity index is 423. The molecule has 0 aromatic heterocycles. The van der Waals surface area contributed by atoms with Crippen LogP contribution in [0.5, 0.6) is 0 Å². The van der Waals surface area contributed by atoms with Gasteiger partial charge in [-0.1, -0.05) is 13.8 Å². The molecule has 6 nitrogen and oxygen atoms in total. The Morgan fingerprint density at radius 1 is 1.30 bits per heavy atom. The number of rotatable bonds is 7. The largest absolute Gasteiger partial charge is 0.383 e. The molecule has 0 N–H and O–H groups in total. The molecule has 116 valence electrons. The summed E-state index contributed by atoms with van der Waals surface area (Å²) in [7, 11) is -1.96. The van der Waals surface area contributed by atoms with Crippen molar-refractivity contribution < 1.29 is 13.2 Å². The van der Waals surface area contributed by atoms with Crippen LogP contribution < -0.4 is 0 Å². The first-order chi connectivity index (χ1) is 9.41. The predicted octanol–water partition coefficient (Wildman–Crippen LogP) is 1.07. The van der Waals surface area contributed by atoms with Crippen molar-refractivity contribution in [2.24, 2.45) is 11.8 Å². The standard InChI is InChI=1S/C13H25N3O3S/c1-12-9-13(2)11-16(10-12)20(17,18)15(6-4-5-14)7-8-19-3/h12-13H,4,6-11H2,1-3H3. The van der Waals surface area contributed by atoms with E-state index < -0.39 is 10.2 Å². The molecule has 0 saturated carbocycles. The third-order valence-electron chi connectivity index (χ3n) is 3.51. The molecule has 0 aromatic carbocycles. The Morgan fingerprint density at radius 3 is 2.40 bits per heavy atom. The van der Waals surface area contributed by atoms with Crippen molar-refractivity contribution in [1.29, 1.82) is 5.26 Å². The summed E-state index contributed by atoms with van der Waals surface area (Å²) in [6.07, 6.45) is 1.25. The zero-order chi connectivity index (χ0) is 15.2. The van der Waals surface area contributed by atoms with Crippen molar-refractivity contribution in [2.75, 3.05) is 39.9 Å². The van der Waals surface area contributed by atoms with Crippen LogP contribution in [-0.4, -0.2) is 56.9 Å². The summed E-state index contributed by atoms with van der Waals surface area (Å²) in [5, 5.41) is 8.68. The molecule has 0 aliphatic carbocycles. The normalized spacial score (nSPS) is 24.8. The van der Waals surface area contributed by atoms with Crippen molar-refractivity contribution in [3.8, 4) is 6.07 Å². The van der Waals surface area contributed by atoms with Crippen LogP contribution >= 0.6 is 0 Å². The van der Waals surface area contributed by atoms with E-state index in [9.17, 15) is 8.42 Å². The molecule has 0 radical (unpaired) electrons. The van der Waals surface area contributed by atoms with Crippen molar-refractivity contribution >= 4 is 10.2 Å². The monoisotopic (exact) mass is 303 g/mol. The summed E-state index contributed by atoms with van der Waals surface area (Å²) >= 11 is 0. The van der Waals surface area contributed by atoms with Gasteiger partial charge in [-0.05, 0) is 18.3 Å². The van der Waals surface area contributed by atoms with E-state index in [0.717, 1.165) is 6.42 Å². The molecule has 7 heteroatoms. The first-order valence-corrected chi connectivity index (χ1v) is 8.42. The van der Waals surface area contributed by atoms with Crippen LogP contribution in [0.2, 0.25) is 0 Å². The van der Waals surface area contributed by atoms with E-state index in [1.165, 1.54) is 4.31 Å². The predicted molar refractivity (Wildman–Crippen MR) is 77.1 cm³/mol. The fourth-order valence-corrected chi connectivity index (χ4v) is 4.51. The molecule has 1 rings (SSSR count). The van der Waals surface area contributed by atoms with Crippen molar-refractivity contribution in [3.63, 3.8) is 0 Å².